The van der Waals surface area contributed by atoms with Crippen LogP contribution in [0, 0.1) is 0 Å². The molecule has 0 amide bonds. The Hall–Kier alpha value is -1.79. The summed E-state index contributed by atoms with van der Waals surface area (Å²) in [4.78, 5) is 12.9. The van der Waals surface area contributed by atoms with Crippen LogP contribution in [-0.2, 0) is 11.6 Å². The topological polar surface area (TPSA) is 17.1 Å². The van der Waals surface area contributed by atoms with Crippen LogP contribution in [0.2, 0.25) is 0 Å². The summed E-state index contributed by atoms with van der Waals surface area (Å²) in [6, 6.07) is 15.6. The molecule has 1 heterocycles. The second-order valence-electron chi connectivity index (χ2n) is 6.59. The molecule has 1 fully saturated rings. The van der Waals surface area contributed by atoms with Gasteiger partial charge in [-0.3, -0.25) is 4.79 Å². The highest BCUT2D eigenvalue weighted by molar-refractivity contribution is 7.75. The van der Waals surface area contributed by atoms with Crippen molar-refractivity contribution in [3.05, 3.63) is 77.4 Å². The SMILES string of the molecule is C=C(F)c1ccc2c(c1)C1(CC1)CP(Cc1ccccc1)C2=O. The van der Waals surface area contributed by atoms with Gasteiger partial charge in [-0.25, -0.2) is 4.39 Å². The van der Waals surface area contributed by atoms with Crippen molar-refractivity contribution in [2.45, 2.75) is 24.4 Å². The van der Waals surface area contributed by atoms with Gasteiger partial charge in [0, 0.05) is 16.5 Å². The molecule has 116 valence electrons. The van der Waals surface area contributed by atoms with Crippen molar-refractivity contribution in [3.63, 3.8) is 0 Å². The first-order valence-corrected chi connectivity index (χ1v) is 9.63. The lowest BCUT2D eigenvalue weighted by Crippen LogP contribution is -2.24. The third-order valence-electron chi connectivity index (χ3n) is 4.99. The number of carbonyl (C=O) groups excluding carboxylic acids is 1. The predicted molar refractivity (Wildman–Crippen MR) is 93.8 cm³/mol. The van der Waals surface area contributed by atoms with Gasteiger partial charge in [-0.05, 0) is 50.3 Å². The zero-order valence-electron chi connectivity index (χ0n) is 12.9. The summed E-state index contributed by atoms with van der Waals surface area (Å²) in [7, 11) is -0.701. The van der Waals surface area contributed by atoms with Gasteiger partial charge < -0.3 is 0 Å². The fraction of sp³-hybridized carbons (Fsp3) is 0.250. The molecule has 0 aromatic heterocycles. The van der Waals surface area contributed by atoms with Crippen LogP contribution in [-0.4, -0.2) is 11.7 Å². The minimum atomic E-state index is -0.701. The molecule has 1 saturated carbocycles. The highest BCUT2D eigenvalue weighted by Gasteiger charge is 2.51. The molecule has 1 spiro atoms. The van der Waals surface area contributed by atoms with E-state index in [0.29, 0.717) is 5.56 Å². The first-order chi connectivity index (χ1) is 11.1. The first kappa shape index (κ1) is 14.8. The van der Waals surface area contributed by atoms with E-state index in [2.05, 4.69) is 18.7 Å². The lowest BCUT2D eigenvalue weighted by Gasteiger charge is -2.31. The van der Waals surface area contributed by atoms with Crippen molar-refractivity contribution < 1.29 is 9.18 Å². The predicted octanol–water partition coefficient (Wildman–Crippen LogP) is 5.49. The minimum Gasteiger partial charge on any atom is -0.289 e. The molecular formula is C20H18FOP. The fourth-order valence-corrected chi connectivity index (χ4v) is 6.34. The second-order valence-corrected chi connectivity index (χ2v) is 8.71. The summed E-state index contributed by atoms with van der Waals surface area (Å²) in [5.74, 6) is -0.423. The Bertz CT molecular complexity index is 793. The van der Waals surface area contributed by atoms with Gasteiger partial charge in [0.25, 0.3) is 0 Å². The lowest BCUT2D eigenvalue weighted by molar-refractivity contribution is 0.107. The molecule has 1 unspecified atom stereocenters. The third kappa shape index (κ3) is 2.56. The van der Waals surface area contributed by atoms with E-state index < -0.39 is 13.7 Å². The minimum absolute atomic E-state index is 0.120. The van der Waals surface area contributed by atoms with Gasteiger partial charge in [0.05, 0.1) is 0 Å². The summed E-state index contributed by atoms with van der Waals surface area (Å²) in [5, 5.41) is 0. The molecule has 1 aliphatic heterocycles. The van der Waals surface area contributed by atoms with Crippen LogP contribution >= 0.6 is 7.92 Å². The Balaban J connectivity index is 1.71. The molecule has 0 radical (unpaired) electrons. The van der Waals surface area contributed by atoms with Gasteiger partial charge in [-0.2, -0.15) is 0 Å². The maximum Gasteiger partial charge on any atom is 0.184 e. The summed E-state index contributed by atoms with van der Waals surface area (Å²) < 4.78 is 13.5. The quantitative estimate of drug-likeness (QED) is 0.682. The number of hydrogen-bond acceptors (Lipinski definition) is 1. The van der Waals surface area contributed by atoms with Crippen molar-refractivity contribution in [1.82, 2.24) is 0 Å². The fourth-order valence-electron chi connectivity index (χ4n) is 3.54. The molecule has 0 bridgehead atoms. The Kier molecular flexibility index (Phi) is 3.46. The van der Waals surface area contributed by atoms with Crippen LogP contribution in [0.25, 0.3) is 5.83 Å². The number of rotatable bonds is 3. The van der Waals surface area contributed by atoms with Crippen LogP contribution in [0.4, 0.5) is 4.39 Å². The second kappa shape index (κ2) is 5.39. The van der Waals surface area contributed by atoms with Gasteiger partial charge >= 0.3 is 0 Å². The van der Waals surface area contributed by atoms with E-state index >= 15 is 0 Å². The van der Waals surface area contributed by atoms with E-state index in [1.54, 1.807) is 6.07 Å². The summed E-state index contributed by atoms with van der Waals surface area (Å²) in [6.07, 6.45) is 4.03. The lowest BCUT2D eigenvalue weighted by atomic mass is 9.91. The van der Waals surface area contributed by atoms with Crippen LogP contribution in [0.1, 0.15) is 39.9 Å². The average molecular weight is 324 g/mol. The molecule has 2 aromatic rings. The highest BCUT2D eigenvalue weighted by Crippen LogP contribution is 2.63. The Morgan fingerprint density at radius 3 is 2.57 bits per heavy atom. The van der Waals surface area contributed by atoms with Gasteiger partial charge in [0.1, 0.15) is 5.83 Å². The molecular weight excluding hydrogens is 306 g/mol. The van der Waals surface area contributed by atoms with E-state index in [-0.39, 0.29) is 10.9 Å². The third-order valence-corrected chi connectivity index (χ3v) is 7.53. The monoisotopic (exact) mass is 324 g/mol. The smallest absolute Gasteiger partial charge is 0.184 e. The van der Waals surface area contributed by atoms with E-state index in [1.165, 1.54) is 5.56 Å². The molecule has 1 aliphatic carbocycles. The Morgan fingerprint density at radius 1 is 1.17 bits per heavy atom. The van der Waals surface area contributed by atoms with Crippen molar-refractivity contribution in [1.29, 1.82) is 0 Å². The van der Waals surface area contributed by atoms with Gasteiger partial charge in [-0.15, -0.1) is 0 Å². The van der Waals surface area contributed by atoms with Gasteiger partial charge in [0.15, 0.2) is 5.52 Å². The maximum atomic E-state index is 13.5. The summed E-state index contributed by atoms with van der Waals surface area (Å²) >= 11 is 0. The summed E-state index contributed by atoms with van der Waals surface area (Å²) in [6.45, 7) is 3.38. The van der Waals surface area contributed by atoms with E-state index in [1.807, 2.05) is 30.3 Å². The normalized spacial score (nSPS) is 21.1. The zero-order valence-corrected chi connectivity index (χ0v) is 13.8. The number of fused-ring (bicyclic) bond motifs is 2. The average Bonchev–Trinajstić information content (AvgIpc) is 3.33. The van der Waals surface area contributed by atoms with Crippen LogP contribution in [0.5, 0.6) is 0 Å². The number of hydrogen-bond donors (Lipinski definition) is 0. The standard InChI is InChI=1S/C20H18FOP/c1-14(21)16-7-8-17-18(11-16)20(9-10-20)13-23(19(17)22)12-15-5-3-2-4-6-15/h2-8,11H,1,9-10,12-13H2. The van der Waals surface area contributed by atoms with Gasteiger partial charge in [-0.1, -0.05) is 49.0 Å². The Labute approximate surface area is 137 Å². The maximum absolute atomic E-state index is 13.5. The van der Waals surface area contributed by atoms with Crippen molar-refractivity contribution >= 4 is 19.3 Å². The van der Waals surface area contributed by atoms with Crippen molar-refractivity contribution in [2.75, 3.05) is 6.16 Å². The molecule has 0 saturated heterocycles. The number of halogens is 1. The van der Waals surface area contributed by atoms with Crippen LogP contribution < -0.4 is 0 Å². The number of benzene rings is 2. The number of carbonyl (C=O) groups is 1. The highest BCUT2D eigenvalue weighted by atomic mass is 31.1. The summed E-state index contributed by atoms with van der Waals surface area (Å²) in [5.41, 5.74) is 4.02. The molecule has 1 atom stereocenters. The molecule has 2 aromatic carbocycles. The van der Waals surface area contributed by atoms with Crippen molar-refractivity contribution in [3.8, 4) is 0 Å². The van der Waals surface area contributed by atoms with E-state index in [4.69, 9.17) is 0 Å². The molecule has 4 rings (SSSR count). The first-order valence-electron chi connectivity index (χ1n) is 7.92. The van der Waals surface area contributed by atoms with Crippen LogP contribution in [0.3, 0.4) is 0 Å². The van der Waals surface area contributed by atoms with Crippen molar-refractivity contribution in [2.24, 2.45) is 0 Å². The van der Waals surface area contributed by atoms with E-state index in [0.717, 1.165) is 36.3 Å². The van der Waals surface area contributed by atoms with E-state index in [9.17, 15) is 9.18 Å². The largest absolute Gasteiger partial charge is 0.289 e. The Morgan fingerprint density at radius 2 is 1.91 bits per heavy atom. The zero-order chi connectivity index (χ0) is 16.0. The molecule has 2 aliphatic rings. The molecule has 1 nitrogen and oxygen atoms in total. The van der Waals surface area contributed by atoms with Crippen LogP contribution in [0.15, 0.2) is 55.1 Å². The van der Waals surface area contributed by atoms with Gasteiger partial charge in [0.2, 0.25) is 0 Å². The molecule has 3 heteroatoms. The molecule has 0 N–H and O–H groups in total. The molecule has 23 heavy (non-hydrogen) atoms.